The quantitative estimate of drug-likeness (QED) is 0.842. The van der Waals surface area contributed by atoms with E-state index in [1.807, 2.05) is 12.1 Å². The van der Waals surface area contributed by atoms with Crippen LogP contribution in [0.2, 0.25) is 0 Å². The highest BCUT2D eigenvalue weighted by atomic mass is 32.1. The maximum Gasteiger partial charge on any atom is 0.261 e. The topological polar surface area (TPSA) is 49.3 Å². The predicted molar refractivity (Wildman–Crippen MR) is 64.8 cm³/mol. The summed E-state index contributed by atoms with van der Waals surface area (Å²) < 4.78 is 0. The van der Waals surface area contributed by atoms with E-state index >= 15 is 0 Å². The van der Waals surface area contributed by atoms with E-state index in [1.54, 1.807) is 11.3 Å². The molecule has 0 radical (unpaired) electrons. The summed E-state index contributed by atoms with van der Waals surface area (Å²) in [4.78, 5) is 13.8. The third-order valence-electron chi connectivity index (χ3n) is 3.00. The first-order valence-electron chi connectivity index (χ1n) is 5.74. The smallest absolute Gasteiger partial charge is 0.261 e. The van der Waals surface area contributed by atoms with Crippen LogP contribution in [0.5, 0.6) is 0 Å². The largest absolute Gasteiger partial charge is 0.393 e. The van der Waals surface area contributed by atoms with Gasteiger partial charge in [0.05, 0.1) is 11.0 Å². The second-order valence-corrected chi connectivity index (χ2v) is 5.49. The summed E-state index contributed by atoms with van der Waals surface area (Å²) in [5.74, 6) is 0.482. The molecule has 2 rings (SSSR count). The fraction of sp³-hybridized carbons (Fsp3) is 0.583. The first-order chi connectivity index (χ1) is 7.69. The van der Waals surface area contributed by atoms with Crippen molar-refractivity contribution in [1.29, 1.82) is 0 Å². The summed E-state index contributed by atoms with van der Waals surface area (Å²) in [7, 11) is 0. The van der Waals surface area contributed by atoms with E-state index in [1.165, 1.54) is 4.88 Å². The Morgan fingerprint density at radius 1 is 1.56 bits per heavy atom. The second-order valence-electron chi connectivity index (χ2n) is 4.32. The molecule has 1 fully saturated rings. The van der Waals surface area contributed by atoms with Gasteiger partial charge in [-0.05, 0) is 37.3 Å². The Hall–Kier alpha value is -0.870. The summed E-state index contributed by atoms with van der Waals surface area (Å²) in [5.41, 5.74) is 0. The van der Waals surface area contributed by atoms with Crippen LogP contribution in [0.4, 0.5) is 0 Å². The molecule has 1 amide bonds. The van der Waals surface area contributed by atoms with Gasteiger partial charge in [-0.3, -0.25) is 4.79 Å². The van der Waals surface area contributed by atoms with Gasteiger partial charge >= 0.3 is 0 Å². The zero-order valence-corrected chi connectivity index (χ0v) is 10.2. The number of carbonyl (C=O) groups is 1. The lowest BCUT2D eigenvalue weighted by atomic mass is 9.82. The molecule has 3 nitrogen and oxygen atoms in total. The molecule has 16 heavy (non-hydrogen) atoms. The molecule has 0 aromatic carbocycles. The van der Waals surface area contributed by atoms with Crippen molar-refractivity contribution in [3.05, 3.63) is 21.9 Å². The van der Waals surface area contributed by atoms with E-state index in [4.69, 9.17) is 5.11 Å². The molecule has 1 aromatic heterocycles. The van der Waals surface area contributed by atoms with Crippen molar-refractivity contribution in [2.24, 2.45) is 5.92 Å². The van der Waals surface area contributed by atoms with Crippen molar-refractivity contribution >= 4 is 17.2 Å². The highest BCUT2D eigenvalue weighted by Gasteiger charge is 2.27. The van der Waals surface area contributed by atoms with Gasteiger partial charge in [0.25, 0.3) is 5.91 Å². The highest BCUT2D eigenvalue weighted by molar-refractivity contribution is 7.14. The van der Waals surface area contributed by atoms with Crippen LogP contribution in [0, 0.1) is 5.92 Å². The third-order valence-corrected chi connectivity index (χ3v) is 4.22. The van der Waals surface area contributed by atoms with Gasteiger partial charge in [-0.15, -0.1) is 11.3 Å². The lowest BCUT2D eigenvalue weighted by Crippen LogP contribution is -2.38. The number of aryl methyl sites for hydroxylation is 1. The number of amides is 1. The summed E-state index contributed by atoms with van der Waals surface area (Å²) >= 11 is 1.56. The Labute approximate surface area is 99.5 Å². The number of rotatable bonds is 4. The molecular weight excluding hydrogens is 222 g/mol. The monoisotopic (exact) mass is 239 g/mol. The lowest BCUT2D eigenvalue weighted by Gasteiger charge is -2.31. The summed E-state index contributed by atoms with van der Waals surface area (Å²) in [6, 6.07) is 3.89. The van der Waals surface area contributed by atoms with Crippen molar-refractivity contribution < 1.29 is 9.90 Å². The van der Waals surface area contributed by atoms with Crippen molar-refractivity contribution in [3.63, 3.8) is 0 Å². The van der Waals surface area contributed by atoms with Crippen molar-refractivity contribution in [2.45, 2.75) is 32.3 Å². The van der Waals surface area contributed by atoms with E-state index < -0.39 is 0 Å². The standard InChI is InChI=1S/C12H17NO2S/c1-2-10-3-4-11(16-10)12(15)13-7-8-5-9(14)6-8/h3-4,8-9,14H,2,5-7H2,1H3,(H,13,15). The summed E-state index contributed by atoms with van der Waals surface area (Å²) in [5, 5.41) is 12.0. The number of hydrogen-bond acceptors (Lipinski definition) is 3. The number of aliphatic hydroxyl groups is 1. The zero-order valence-electron chi connectivity index (χ0n) is 9.40. The van der Waals surface area contributed by atoms with E-state index in [-0.39, 0.29) is 12.0 Å². The Balaban J connectivity index is 1.79. The maximum absolute atomic E-state index is 11.7. The summed E-state index contributed by atoms with van der Waals surface area (Å²) in [6.45, 7) is 2.78. The molecule has 0 spiro atoms. The Morgan fingerprint density at radius 3 is 2.88 bits per heavy atom. The summed E-state index contributed by atoms with van der Waals surface area (Å²) in [6.07, 6.45) is 2.48. The van der Waals surface area contributed by atoms with Gasteiger partial charge in [-0.2, -0.15) is 0 Å². The van der Waals surface area contributed by atoms with Crippen LogP contribution in [0.3, 0.4) is 0 Å². The van der Waals surface area contributed by atoms with Crippen LogP contribution in [0.15, 0.2) is 12.1 Å². The molecule has 1 heterocycles. The molecule has 1 aliphatic rings. The predicted octanol–water partition coefficient (Wildman–Crippen LogP) is 1.81. The zero-order chi connectivity index (χ0) is 11.5. The highest BCUT2D eigenvalue weighted by Crippen LogP contribution is 2.26. The van der Waals surface area contributed by atoms with Gasteiger partial charge in [0.1, 0.15) is 0 Å². The van der Waals surface area contributed by atoms with Crippen LogP contribution in [0.1, 0.15) is 34.3 Å². The first-order valence-corrected chi connectivity index (χ1v) is 6.55. The van der Waals surface area contributed by atoms with Crippen LogP contribution in [0.25, 0.3) is 0 Å². The molecule has 0 aliphatic heterocycles. The maximum atomic E-state index is 11.7. The SMILES string of the molecule is CCc1ccc(C(=O)NCC2CC(O)C2)s1. The molecule has 0 saturated heterocycles. The third kappa shape index (κ3) is 2.62. The molecule has 2 N–H and O–H groups in total. The van der Waals surface area contributed by atoms with Crippen molar-refractivity contribution in [1.82, 2.24) is 5.32 Å². The normalized spacial score (nSPS) is 23.9. The molecule has 1 saturated carbocycles. The average Bonchev–Trinajstić information content (AvgIpc) is 2.70. The molecule has 0 bridgehead atoms. The van der Waals surface area contributed by atoms with E-state index in [9.17, 15) is 4.79 Å². The molecule has 0 atom stereocenters. The Morgan fingerprint density at radius 2 is 2.31 bits per heavy atom. The Kier molecular flexibility index (Phi) is 3.61. The molecule has 0 unspecified atom stereocenters. The minimum atomic E-state index is -0.143. The first kappa shape index (κ1) is 11.6. The number of aliphatic hydroxyl groups excluding tert-OH is 1. The minimum absolute atomic E-state index is 0.0195. The van der Waals surface area contributed by atoms with Crippen LogP contribution in [-0.4, -0.2) is 23.7 Å². The molecule has 4 heteroatoms. The molecular formula is C12H17NO2S. The van der Waals surface area contributed by atoms with Gasteiger partial charge in [-0.1, -0.05) is 6.92 Å². The number of nitrogens with one attached hydrogen (secondary N) is 1. The van der Waals surface area contributed by atoms with Gasteiger partial charge in [0, 0.05) is 11.4 Å². The van der Waals surface area contributed by atoms with Crippen LogP contribution >= 0.6 is 11.3 Å². The van der Waals surface area contributed by atoms with Crippen LogP contribution < -0.4 is 5.32 Å². The van der Waals surface area contributed by atoms with E-state index in [2.05, 4.69) is 12.2 Å². The molecule has 1 aliphatic carbocycles. The average molecular weight is 239 g/mol. The molecule has 88 valence electrons. The number of carbonyl (C=O) groups excluding carboxylic acids is 1. The van der Waals surface area contributed by atoms with Gasteiger partial charge in [0.15, 0.2) is 0 Å². The van der Waals surface area contributed by atoms with E-state index in [0.717, 1.165) is 24.1 Å². The fourth-order valence-corrected chi connectivity index (χ4v) is 2.75. The lowest BCUT2D eigenvalue weighted by molar-refractivity contribution is 0.0420. The van der Waals surface area contributed by atoms with Crippen molar-refractivity contribution in [3.8, 4) is 0 Å². The van der Waals surface area contributed by atoms with Gasteiger partial charge < -0.3 is 10.4 Å². The number of hydrogen-bond donors (Lipinski definition) is 2. The van der Waals surface area contributed by atoms with E-state index in [0.29, 0.717) is 12.5 Å². The molecule has 1 aromatic rings. The minimum Gasteiger partial charge on any atom is -0.393 e. The second kappa shape index (κ2) is 4.97. The van der Waals surface area contributed by atoms with Crippen molar-refractivity contribution in [2.75, 3.05) is 6.54 Å². The van der Waals surface area contributed by atoms with Gasteiger partial charge in [0.2, 0.25) is 0 Å². The fourth-order valence-electron chi connectivity index (χ4n) is 1.88. The number of thiophene rings is 1. The Bertz CT molecular complexity index is 369. The van der Waals surface area contributed by atoms with Gasteiger partial charge in [-0.25, -0.2) is 0 Å². The van der Waals surface area contributed by atoms with Crippen LogP contribution in [-0.2, 0) is 6.42 Å².